The zero-order chi connectivity index (χ0) is 50.0. The number of carbonyl (C=O) groups is 4. The highest BCUT2D eigenvalue weighted by Crippen LogP contribution is 2.46. The van der Waals surface area contributed by atoms with Crippen LogP contribution >= 0.6 is 7.37 Å². The smallest absolute Gasteiger partial charge is 0.329 e. The van der Waals surface area contributed by atoms with Gasteiger partial charge in [0.15, 0.2) is 7.37 Å². The second-order valence-corrected chi connectivity index (χ2v) is 24.1. The van der Waals surface area contributed by atoms with Crippen LogP contribution in [0.4, 0.5) is 0 Å². The van der Waals surface area contributed by atoms with Crippen LogP contribution in [-0.4, -0.2) is 108 Å². The number of cyclic esters (lactones) is 1. The average Bonchev–Trinajstić information content (AvgIpc) is 3.27. The van der Waals surface area contributed by atoms with Crippen molar-refractivity contribution in [3.05, 3.63) is 59.8 Å². The van der Waals surface area contributed by atoms with Crippen LogP contribution in [0.1, 0.15) is 139 Å². The number of hydrogen-bond acceptors (Lipinski definition) is 11. The molecule has 2 saturated heterocycles. The number of nitrogens with zero attached hydrogens (tertiary/aromatic N) is 1. The second kappa shape index (κ2) is 25.2. The van der Waals surface area contributed by atoms with Crippen LogP contribution in [-0.2, 0) is 42.5 Å². The van der Waals surface area contributed by atoms with Gasteiger partial charge >= 0.3 is 5.97 Å². The number of allylic oxidation sites excluding steroid dienone is 6. The number of piperidine rings is 1. The van der Waals surface area contributed by atoms with Crippen molar-refractivity contribution in [1.82, 2.24) is 4.90 Å². The first kappa shape index (κ1) is 56.6. The Bertz CT molecular complexity index is 1900. The molecule has 1 aliphatic carbocycles. The Hall–Kier alpha value is -2.99. The summed E-state index contributed by atoms with van der Waals surface area (Å²) >= 11 is 0. The minimum Gasteiger partial charge on any atom is -0.460 e. The molecule has 378 valence electrons. The number of aliphatic hydroxyl groups excluding tert-OH is 1. The first-order chi connectivity index (χ1) is 31.4. The van der Waals surface area contributed by atoms with E-state index in [1.165, 1.54) is 4.90 Å². The lowest BCUT2D eigenvalue weighted by Gasteiger charge is -2.42. The molecule has 3 heterocycles. The number of ether oxygens (including phenoxy) is 3. The first-order valence-electron chi connectivity index (χ1n) is 25.2. The molecule has 0 aromatic heterocycles. The van der Waals surface area contributed by atoms with Crippen LogP contribution in [0, 0.1) is 47.3 Å². The predicted molar refractivity (Wildman–Crippen MR) is 264 cm³/mol. The number of rotatable bonds is 6. The van der Waals surface area contributed by atoms with Crippen LogP contribution < -0.4 is 0 Å². The third kappa shape index (κ3) is 15.8. The van der Waals surface area contributed by atoms with Crippen molar-refractivity contribution in [3.8, 4) is 0 Å². The minimum absolute atomic E-state index is 0.0834. The molecular formula is C54H86NO11P. The van der Waals surface area contributed by atoms with Gasteiger partial charge in [-0.2, -0.15) is 0 Å². The summed E-state index contributed by atoms with van der Waals surface area (Å²) in [5.74, 6) is -6.40. The van der Waals surface area contributed by atoms with Crippen molar-refractivity contribution in [2.75, 3.05) is 27.0 Å². The van der Waals surface area contributed by atoms with E-state index < -0.39 is 67.0 Å². The van der Waals surface area contributed by atoms with Crippen LogP contribution in [0.25, 0.3) is 0 Å². The van der Waals surface area contributed by atoms with E-state index in [0.29, 0.717) is 44.1 Å². The third-order valence-corrected chi connectivity index (χ3v) is 16.1. The first-order valence-corrected chi connectivity index (χ1v) is 27.7. The lowest BCUT2D eigenvalue weighted by atomic mass is 9.75. The van der Waals surface area contributed by atoms with Gasteiger partial charge in [-0.15, -0.1) is 0 Å². The Morgan fingerprint density at radius 1 is 0.925 bits per heavy atom. The fourth-order valence-electron chi connectivity index (χ4n) is 10.8. The topological polar surface area (TPSA) is 166 Å². The molecule has 0 aromatic rings. The summed E-state index contributed by atoms with van der Waals surface area (Å²) in [4.78, 5) is 58.5. The van der Waals surface area contributed by atoms with Crippen LogP contribution in [0.3, 0.4) is 0 Å². The molecule has 4 rings (SSSR count). The van der Waals surface area contributed by atoms with Crippen LogP contribution in [0.15, 0.2) is 59.8 Å². The third-order valence-electron chi connectivity index (χ3n) is 15.3. The number of ketones is 2. The van der Waals surface area contributed by atoms with E-state index in [9.17, 15) is 34.0 Å². The fraction of sp³-hybridized carbons (Fsp3) is 0.741. The lowest BCUT2D eigenvalue weighted by Crippen LogP contribution is -2.61. The molecule has 2 bridgehead atoms. The molecule has 1 amide bonds. The maximum atomic E-state index is 14.5. The molecule has 1 unspecified atom stereocenters. The normalized spacial score (nSPS) is 39.8. The van der Waals surface area contributed by atoms with E-state index in [4.69, 9.17) is 18.7 Å². The van der Waals surface area contributed by atoms with E-state index in [-0.39, 0.29) is 72.9 Å². The summed E-state index contributed by atoms with van der Waals surface area (Å²) in [6.07, 6.45) is 15.6. The van der Waals surface area contributed by atoms with E-state index in [2.05, 4.69) is 33.4 Å². The molecule has 0 aromatic carbocycles. The number of amides is 1. The van der Waals surface area contributed by atoms with Gasteiger partial charge in [-0.25, -0.2) is 4.79 Å². The molecule has 3 fully saturated rings. The monoisotopic (exact) mass is 956 g/mol. The van der Waals surface area contributed by atoms with Gasteiger partial charge in [0.05, 0.1) is 24.4 Å². The number of Topliss-reactive ketones (excluding diaryl/α,β-unsaturated/α-hetero) is 2. The van der Waals surface area contributed by atoms with Crippen molar-refractivity contribution in [2.24, 2.45) is 47.3 Å². The predicted octanol–water partition coefficient (Wildman–Crippen LogP) is 9.97. The summed E-state index contributed by atoms with van der Waals surface area (Å²) in [6, 6.07) is -1.10. The van der Waals surface area contributed by atoms with Gasteiger partial charge in [-0.1, -0.05) is 97.1 Å². The fourth-order valence-corrected chi connectivity index (χ4v) is 11.8. The highest BCUT2D eigenvalue weighted by atomic mass is 31.2. The molecule has 1 saturated carbocycles. The summed E-state index contributed by atoms with van der Waals surface area (Å²) in [6.45, 7) is 25.4. The zero-order valence-corrected chi connectivity index (χ0v) is 43.8. The van der Waals surface area contributed by atoms with Crippen molar-refractivity contribution >= 4 is 30.8 Å². The number of esters is 1. The second-order valence-electron chi connectivity index (χ2n) is 21.4. The van der Waals surface area contributed by atoms with E-state index in [1.807, 2.05) is 52.0 Å². The van der Waals surface area contributed by atoms with Gasteiger partial charge in [0.25, 0.3) is 11.7 Å². The summed E-state index contributed by atoms with van der Waals surface area (Å²) < 4.78 is 36.9. The molecule has 4 aliphatic rings. The molecule has 0 radical (unpaired) electrons. The van der Waals surface area contributed by atoms with E-state index in [0.717, 1.165) is 36.8 Å². The lowest BCUT2D eigenvalue weighted by molar-refractivity contribution is -0.265. The number of fused-ring (bicyclic) bond motifs is 3. The van der Waals surface area contributed by atoms with Gasteiger partial charge in [-0.3, -0.25) is 18.9 Å². The van der Waals surface area contributed by atoms with Crippen LogP contribution in [0.5, 0.6) is 0 Å². The van der Waals surface area contributed by atoms with Crippen molar-refractivity contribution in [1.29, 1.82) is 0 Å². The quantitative estimate of drug-likeness (QED) is 0.113. The van der Waals surface area contributed by atoms with Gasteiger partial charge in [0, 0.05) is 57.6 Å². The van der Waals surface area contributed by atoms with Crippen molar-refractivity contribution in [3.63, 3.8) is 0 Å². The standard InChI is InChI=1S/C54H86NO11P/c1-33-19-15-14-16-20-34(2)48(63-11)31-44-24-22-40(8)54(61,65-44)51(58)52(59)55-26-18-17-21-45(55)53(60)64-49(38(6)30-43-23-25-47(37(5)29-43)66-67(12,13)62)32-46(56)36(4)28-39(7)50(57)42(10)41(9)35(3)27-33/h14-16,19-20,28,33,35-38,40,42-45,47-50,57,61H,9,17-18,21-27,29-32H2,1-8,10-13H3/b16-14+,19-15+,34-20+,39-28+/t33-,35+,36+,37+,38+,40+,42+,43+,44-,45?,47-,48-,49-,50+,54+/m0/s1. The Kier molecular flexibility index (Phi) is 21.3. The average molecular weight is 956 g/mol. The van der Waals surface area contributed by atoms with Gasteiger partial charge in [-0.05, 0) is 119 Å². The van der Waals surface area contributed by atoms with Crippen LogP contribution in [0.2, 0.25) is 0 Å². The number of aliphatic hydroxyl groups is 2. The molecule has 15 atom stereocenters. The minimum atomic E-state index is -2.68. The Labute approximate surface area is 402 Å². The largest absolute Gasteiger partial charge is 0.460 e. The maximum Gasteiger partial charge on any atom is 0.329 e. The highest BCUT2D eigenvalue weighted by Gasteiger charge is 2.53. The molecule has 0 spiro atoms. The maximum absolute atomic E-state index is 14.5. The van der Waals surface area contributed by atoms with E-state index in [1.54, 1.807) is 40.4 Å². The summed E-state index contributed by atoms with van der Waals surface area (Å²) in [5.41, 5.74) is 2.52. The summed E-state index contributed by atoms with van der Waals surface area (Å²) in [5, 5.41) is 23.5. The van der Waals surface area contributed by atoms with Crippen molar-refractivity contribution in [2.45, 2.75) is 182 Å². The molecule has 13 heteroatoms. The number of carbonyl (C=O) groups excluding carboxylic acids is 4. The zero-order valence-electron chi connectivity index (χ0n) is 42.9. The van der Waals surface area contributed by atoms with E-state index >= 15 is 0 Å². The Morgan fingerprint density at radius 3 is 2.28 bits per heavy atom. The Balaban J connectivity index is 1.68. The number of methoxy groups -OCH3 is 1. The molecule has 67 heavy (non-hydrogen) atoms. The van der Waals surface area contributed by atoms with Gasteiger partial charge in [0.2, 0.25) is 5.79 Å². The molecule has 12 nitrogen and oxygen atoms in total. The molecule has 2 N–H and O–H groups in total. The molecular weight excluding hydrogens is 870 g/mol. The Morgan fingerprint density at radius 2 is 1.63 bits per heavy atom. The SMILES string of the molecule is C=C1[C@H](C)C[C@@H](C)/C=C/C=C/C=C(\C)[C@@H](OC)C[C@@H]2CC[C@@H](C)[C@@](O)(O2)C(=O)C(=O)N2CCCCC2C(=O)O[C@H]([C@H](C)C[C@@H]2CC[C@H](OP(C)(C)=O)[C@H](C)C2)CC(=O)[C@H](C)/C=C(\C)[C@@H](O)[C@@H]1C. The van der Waals surface area contributed by atoms with Gasteiger partial charge in [0.1, 0.15) is 17.9 Å². The number of hydrogen-bond donors (Lipinski definition) is 2. The molecule has 3 aliphatic heterocycles. The van der Waals surface area contributed by atoms with Crippen molar-refractivity contribution < 1.29 is 52.7 Å². The highest BCUT2D eigenvalue weighted by molar-refractivity contribution is 7.57. The summed E-state index contributed by atoms with van der Waals surface area (Å²) in [7, 11) is -1.07. The van der Waals surface area contributed by atoms with Gasteiger partial charge < -0.3 is 33.8 Å².